The molecule has 0 aliphatic carbocycles. The van der Waals surface area contributed by atoms with Gasteiger partial charge in [0.1, 0.15) is 6.61 Å². The van der Waals surface area contributed by atoms with Crippen molar-refractivity contribution < 1.29 is 4.84 Å². The molecule has 0 amide bonds. The van der Waals surface area contributed by atoms with E-state index in [-0.39, 0.29) is 17.6 Å². The van der Waals surface area contributed by atoms with E-state index in [0.29, 0.717) is 5.02 Å². The highest BCUT2D eigenvalue weighted by Crippen LogP contribution is 2.35. The number of aromatic nitrogens is 2. The lowest BCUT2D eigenvalue weighted by Gasteiger charge is -2.24. The molecule has 134 valence electrons. The molecule has 0 radical (unpaired) electrons. The van der Waals surface area contributed by atoms with Gasteiger partial charge < -0.3 is 4.84 Å². The predicted molar refractivity (Wildman–Crippen MR) is 104 cm³/mol. The van der Waals surface area contributed by atoms with E-state index < -0.39 is 0 Å². The fourth-order valence-electron chi connectivity index (χ4n) is 2.85. The normalized spacial score (nSPS) is 11.4. The van der Waals surface area contributed by atoms with Crippen LogP contribution in [0, 0.1) is 0 Å². The second kappa shape index (κ2) is 7.34. The molecule has 0 atom stereocenters. The van der Waals surface area contributed by atoms with E-state index >= 15 is 0 Å². The summed E-state index contributed by atoms with van der Waals surface area (Å²) in [5.74, 6) is 0. The molecule has 0 bridgehead atoms. The summed E-state index contributed by atoms with van der Waals surface area (Å²) in [6, 6.07) is 17.0. The van der Waals surface area contributed by atoms with Crippen molar-refractivity contribution >= 4 is 11.6 Å². The van der Waals surface area contributed by atoms with Crippen molar-refractivity contribution in [2.24, 2.45) is 0 Å². The maximum atomic E-state index is 11.8. The molecule has 5 heteroatoms. The van der Waals surface area contributed by atoms with Gasteiger partial charge in [-0.05, 0) is 40.3 Å². The molecule has 26 heavy (non-hydrogen) atoms. The monoisotopic (exact) mass is 368 g/mol. The van der Waals surface area contributed by atoms with E-state index in [1.807, 2.05) is 42.5 Å². The molecule has 0 aliphatic rings. The van der Waals surface area contributed by atoms with E-state index in [9.17, 15) is 4.79 Å². The van der Waals surface area contributed by atoms with E-state index in [1.165, 1.54) is 12.3 Å². The van der Waals surface area contributed by atoms with Crippen LogP contribution in [0.5, 0.6) is 0 Å². The molecule has 0 unspecified atom stereocenters. The van der Waals surface area contributed by atoms with Crippen molar-refractivity contribution in [3.63, 3.8) is 0 Å². The lowest BCUT2D eigenvalue weighted by atomic mass is 9.82. The number of hydrogen-bond acceptors (Lipinski definition) is 3. The van der Waals surface area contributed by atoms with Crippen LogP contribution in [-0.2, 0) is 12.0 Å². The molecule has 4 nitrogen and oxygen atoms in total. The van der Waals surface area contributed by atoms with Crippen molar-refractivity contribution in [2.45, 2.75) is 32.8 Å². The Kier molecular flexibility index (Phi) is 5.14. The fraction of sp³-hybridized carbons (Fsp3) is 0.238. The maximum Gasteiger partial charge on any atom is 0.303 e. The Balaban J connectivity index is 2.03. The number of benzene rings is 2. The maximum absolute atomic E-state index is 11.8. The highest BCUT2D eigenvalue weighted by molar-refractivity contribution is 6.33. The minimum Gasteiger partial charge on any atom is -0.389 e. The second-order valence-electron chi connectivity index (χ2n) is 7.11. The minimum atomic E-state index is -0.304. The first-order chi connectivity index (χ1) is 12.4. The zero-order valence-electron chi connectivity index (χ0n) is 15.1. The minimum absolute atomic E-state index is 0.118. The van der Waals surface area contributed by atoms with Gasteiger partial charge in [-0.15, -0.1) is 5.10 Å². The zero-order chi connectivity index (χ0) is 18.7. The molecule has 0 saturated carbocycles. The SMILES string of the molecule is CC(C)(C)c1cc(Cl)c(-c2ccccc2)cc1COn1ncccc1=O. The third-order valence-electron chi connectivity index (χ3n) is 4.11. The van der Waals surface area contributed by atoms with Crippen LogP contribution in [0.1, 0.15) is 31.9 Å². The molecule has 3 rings (SSSR count). The summed E-state index contributed by atoms with van der Waals surface area (Å²) < 4.78 is 0. The van der Waals surface area contributed by atoms with Gasteiger partial charge >= 0.3 is 5.56 Å². The van der Waals surface area contributed by atoms with Gasteiger partial charge in [-0.3, -0.25) is 4.79 Å². The molecule has 0 saturated heterocycles. The summed E-state index contributed by atoms with van der Waals surface area (Å²) in [6.07, 6.45) is 1.52. The van der Waals surface area contributed by atoms with Crippen molar-refractivity contribution in [2.75, 3.05) is 0 Å². The Morgan fingerprint density at radius 2 is 1.81 bits per heavy atom. The van der Waals surface area contributed by atoms with Crippen LogP contribution in [0.3, 0.4) is 0 Å². The number of rotatable bonds is 4. The van der Waals surface area contributed by atoms with E-state index in [2.05, 4.69) is 25.9 Å². The summed E-state index contributed by atoms with van der Waals surface area (Å²) in [5, 5.41) is 4.63. The van der Waals surface area contributed by atoms with Gasteiger partial charge in [0.05, 0.1) is 6.20 Å². The van der Waals surface area contributed by atoms with Gasteiger partial charge in [-0.2, -0.15) is 0 Å². The smallest absolute Gasteiger partial charge is 0.303 e. The molecular formula is C21H21ClN2O2. The highest BCUT2D eigenvalue weighted by atomic mass is 35.5. The summed E-state index contributed by atoms with van der Waals surface area (Å²) in [4.78, 5) is 18.5. The first kappa shape index (κ1) is 18.2. The summed E-state index contributed by atoms with van der Waals surface area (Å²) in [6.45, 7) is 6.59. The number of halogens is 1. The molecular weight excluding hydrogens is 348 g/mol. The largest absolute Gasteiger partial charge is 0.389 e. The van der Waals surface area contributed by atoms with Crippen LogP contribution in [0.25, 0.3) is 11.1 Å². The van der Waals surface area contributed by atoms with E-state index in [4.69, 9.17) is 16.4 Å². The molecule has 3 aromatic rings. The summed E-state index contributed by atoms with van der Waals surface area (Å²) in [7, 11) is 0. The Hall–Kier alpha value is -2.59. The standard InChI is InChI=1S/C21H21ClN2O2/c1-21(2,3)18-13-19(22)17(15-8-5-4-6-9-15)12-16(18)14-26-24-20(25)10-7-11-23-24/h4-13H,14H2,1-3H3. The Bertz CT molecular complexity index is 960. The van der Waals surface area contributed by atoms with Crippen molar-refractivity contribution in [3.05, 3.63) is 87.3 Å². The van der Waals surface area contributed by atoms with Crippen molar-refractivity contribution in [1.82, 2.24) is 9.94 Å². The lowest BCUT2D eigenvalue weighted by Crippen LogP contribution is -2.28. The van der Waals surface area contributed by atoms with Crippen LogP contribution in [0.4, 0.5) is 0 Å². The van der Waals surface area contributed by atoms with Crippen LogP contribution in [0.15, 0.2) is 65.6 Å². The van der Waals surface area contributed by atoms with Gasteiger partial charge in [0.25, 0.3) is 0 Å². The van der Waals surface area contributed by atoms with Gasteiger partial charge in [0, 0.05) is 16.7 Å². The van der Waals surface area contributed by atoms with Gasteiger partial charge in [-0.1, -0.05) is 67.5 Å². The lowest BCUT2D eigenvalue weighted by molar-refractivity contribution is 0.0587. The summed E-state index contributed by atoms with van der Waals surface area (Å²) in [5.41, 5.74) is 3.60. The zero-order valence-corrected chi connectivity index (χ0v) is 15.8. The summed E-state index contributed by atoms with van der Waals surface area (Å²) >= 11 is 6.58. The molecule has 2 aromatic carbocycles. The number of nitrogens with zero attached hydrogens (tertiary/aromatic N) is 2. The Labute approximate surface area is 158 Å². The van der Waals surface area contributed by atoms with Gasteiger partial charge in [-0.25, -0.2) is 0 Å². The molecule has 1 aromatic heterocycles. The third-order valence-corrected chi connectivity index (χ3v) is 4.43. The van der Waals surface area contributed by atoms with Crippen molar-refractivity contribution in [1.29, 1.82) is 0 Å². The van der Waals surface area contributed by atoms with Crippen molar-refractivity contribution in [3.8, 4) is 11.1 Å². The highest BCUT2D eigenvalue weighted by Gasteiger charge is 2.21. The first-order valence-electron chi connectivity index (χ1n) is 8.42. The van der Waals surface area contributed by atoms with Gasteiger partial charge in [0.15, 0.2) is 0 Å². The topological polar surface area (TPSA) is 44.1 Å². The Morgan fingerprint density at radius 3 is 2.46 bits per heavy atom. The molecule has 0 aliphatic heterocycles. The number of hydrogen-bond donors (Lipinski definition) is 0. The van der Waals surface area contributed by atoms with Crippen LogP contribution < -0.4 is 10.4 Å². The Morgan fingerprint density at radius 1 is 1.08 bits per heavy atom. The van der Waals surface area contributed by atoms with Crippen LogP contribution >= 0.6 is 11.6 Å². The van der Waals surface area contributed by atoms with E-state index in [1.54, 1.807) is 6.07 Å². The molecule has 0 spiro atoms. The first-order valence-corrected chi connectivity index (χ1v) is 8.80. The molecule has 1 heterocycles. The quantitative estimate of drug-likeness (QED) is 0.681. The second-order valence-corrected chi connectivity index (χ2v) is 7.52. The third kappa shape index (κ3) is 3.97. The fourth-order valence-corrected chi connectivity index (χ4v) is 3.12. The average molecular weight is 369 g/mol. The van der Waals surface area contributed by atoms with Gasteiger partial charge in [0.2, 0.25) is 0 Å². The van der Waals surface area contributed by atoms with Crippen LogP contribution in [-0.4, -0.2) is 9.94 Å². The molecule has 0 fully saturated rings. The van der Waals surface area contributed by atoms with Crippen LogP contribution in [0.2, 0.25) is 5.02 Å². The van der Waals surface area contributed by atoms with E-state index in [0.717, 1.165) is 27.1 Å². The average Bonchev–Trinajstić information content (AvgIpc) is 2.61. The molecule has 0 N–H and O–H groups in total. The predicted octanol–water partition coefficient (Wildman–Crippen LogP) is 4.49.